The highest BCUT2D eigenvalue weighted by molar-refractivity contribution is 6.09. The van der Waals surface area contributed by atoms with Crippen LogP contribution in [0.2, 0.25) is 0 Å². The number of carbonyl (C=O) groups is 3. The van der Waals surface area contributed by atoms with Crippen molar-refractivity contribution in [2.24, 2.45) is 11.8 Å². The van der Waals surface area contributed by atoms with Crippen LogP contribution in [-0.4, -0.2) is 52.0 Å². The number of allylic oxidation sites excluding steroid dienone is 1. The Kier molecular flexibility index (Phi) is 9.45. The van der Waals surface area contributed by atoms with Crippen LogP contribution in [-0.2, 0) is 27.4 Å². The number of unbranched alkanes of at least 4 members (excludes halogenated alkanes) is 2. The van der Waals surface area contributed by atoms with Gasteiger partial charge < -0.3 is 19.6 Å². The van der Waals surface area contributed by atoms with Gasteiger partial charge in [-0.2, -0.15) is 0 Å². The largest absolute Gasteiger partial charge is 0.493 e. The third kappa shape index (κ3) is 6.03. The van der Waals surface area contributed by atoms with Gasteiger partial charge in [0.15, 0.2) is 11.5 Å². The molecule has 9 heteroatoms. The Labute approximate surface area is 274 Å². The van der Waals surface area contributed by atoms with Gasteiger partial charge in [0.25, 0.3) is 0 Å². The molecule has 4 unspecified atom stereocenters. The van der Waals surface area contributed by atoms with Crippen molar-refractivity contribution in [2.75, 3.05) is 13.7 Å². The first-order valence-electron chi connectivity index (χ1n) is 16.3. The molecule has 9 nitrogen and oxygen atoms in total. The number of methoxy groups -OCH3 is 1. The molecular formula is C38H41N3O6. The fourth-order valence-electron chi connectivity index (χ4n) is 7.15. The van der Waals surface area contributed by atoms with E-state index in [1.807, 2.05) is 66.7 Å². The molecule has 47 heavy (non-hydrogen) atoms. The zero-order chi connectivity index (χ0) is 33.0. The van der Waals surface area contributed by atoms with Crippen molar-refractivity contribution in [1.29, 1.82) is 0 Å². The maximum absolute atomic E-state index is 14.3. The number of ether oxygens (including phenoxy) is 2. The van der Waals surface area contributed by atoms with Crippen LogP contribution < -0.4 is 14.8 Å². The highest BCUT2D eigenvalue weighted by Gasteiger charge is 2.68. The van der Waals surface area contributed by atoms with Crippen LogP contribution in [0.3, 0.4) is 0 Å². The number of amides is 2. The monoisotopic (exact) mass is 635 g/mol. The van der Waals surface area contributed by atoms with Gasteiger partial charge in [0, 0.05) is 41.7 Å². The summed E-state index contributed by atoms with van der Waals surface area (Å²) < 4.78 is 12.1. The fraction of sp³-hybridized carbons (Fsp3) is 0.342. The number of H-pyrrole nitrogens is 1. The van der Waals surface area contributed by atoms with Crippen LogP contribution in [0.15, 0.2) is 91.1 Å². The minimum absolute atomic E-state index is 0.00202. The molecule has 4 atom stereocenters. The van der Waals surface area contributed by atoms with Gasteiger partial charge in [-0.05, 0) is 36.1 Å². The van der Waals surface area contributed by atoms with Gasteiger partial charge >= 0.3 is 5.97 Å². The molecule has 2 saturated heterocycles. The van der Waals surface area contributed by atoms with E-state index in [4.69, 9.17) is 9.47 Å². The lowest BCUT2D eigenvalue weighted by Gasteiger charge is -2.31. The summed E-state index contributed by atoms with van der Waals surface area (Å²) in [5, 5.41) is 15.3. The normalized spacial score (nSPS) is 22.3. The number of aromatic nitrogens is 1. The van der Waals surface area contributed by atoms with E-state index >= 15 is 0 Å². The van der Waals surface area contributed by atoms with Crippen LogP contribution in [0.25, 0.3) is 10.9 Å². The molecule has 0 radical (unpaired) electrons. The number of aliphatic carboxylic acids is 1. The Balaban J connectivity index is 1.42. The summed E-state index contributed by atoms with van der Waals surface area (Å²) in [6.45, 7) is 2.56. The molecule has 0 bridgehead atoms. The maximum Gasteiger partial charge on any atom is 0.325 e. The first kappa shape index (κ1) is 32.1. The number of nitrogens with one attached hydrogen (secondary N) is 2. The van der Waals surface area contributed by atoms with E-state index in [2.05, 4.69) is 23.3 Å². The summed E-state index contributed by atoms with van der Waals surface area (Å²) in [6.07, 6.45) is 9.45. The molecule has 1 aromatic heterocycles. The highest BCUT2D eigenvalue weighted by atomic mass is 16.5. The van der Waals surface area contributed by atoms with E-state index in [0.717, 1.165) is 41.3 Å². The molecule has 2 fully saturated rings. The molecule has 4 aromatic rings. The molecule has 2 amide bonds. The Morgan fingerprint density at radius 3 is 2.51 bits per heavy atom. The zero-order valence-corrected chi connectivity index (χ0v) is 26.8. The van der Waals surface area contributed by atoms with Gasteiger partial charge in [-0.15, -0.1) is 0 Å². The number of benzene rings is 3. The van der Waals surface area contributed by atoms with Crippen LogP contribution in [0.1, 0.15) is 55.3 Å². The molecule has 0 saturated carbocycles. The van der Waals surface area contributed by atoms with Crippen molar-refractivity contribution in [3.8, 4) is 11.5 Å². The van der Waals surface area contributed by atoms with Gasteiger partial charge in [-0.25, -0.2) is 0 Å². The molecule has 3 aromatic carbocycles. The van der Waals surface area contributed by atoms with Crippen LogP contribution in [0.5, 0.6) is 11.5 Å². The summed E-state index contributed by atoms with van der Waals surface area (Å²) >= 11 is 0. The molecule has 3 N–H and O–H groups in total. The number of fused-ring (bicyclic) bond motifs is 2. The third-order valence-electron chi connectivity index (χ3n) is 9.47. The van der Waals surface area contributed by atoms with Crippen molar-refractivity contribution < 1.29 is 29.0 Å². The predicted octanol–water partition coefficient (Wildman–Crippen LogP) is 6.20. The van der Waals surface area contributed by atoms with Crippen molar-refractivity contribution >= 4 is 28.7 Å². The molecule has 244 valence electrons. The number of carboxylic acids is 1. The van der Waals surface area contributed by atoms with Crippen LogP contribution in [0, 0.1) is 11.8 Å². The Bertz CT molecular complexity index is 1780. The molecule has 0 aliphatic carbocycles. The second-order valence-corrected chi connectivity index (χ2v) is 12.3. The van der Waals surface area contributed by atoms with E-state index in [1.165, 1.54) is 12.0 Å². The van der Waals surface area contributed by atoms with E-state index in [-0.39, 0.29) is 25.5 Å². The van der Waals surface area contributed by atoms with Gasteiger partial charge in [0.1, 0.15) is 12.1 Å². The summed E-state index contributed by atoms with van der Waals surface area (Å²) in [4.78, 5) is 46.6. The lowest BCUT2D eigenvalue weighted by atomic mass is 9.76. The van der Waals surface area contributed by atoms with E-state index in [0.29, 0.717) is 23.5 Å². The molecule has 6 rings (SSSR count). The first-order valence-corrected chi connectivity index (χ1v) is 16.3. The molecule has 3 heterocycles. The number of rotatable bonds is 14. The minimum atomic E-state index is -1.77. The molecule has 0 spiro atoms. The van der Waals surface area contributed by atoms with Crippen molar-refractivity contribution in [3.63, 3.8) is 0 Å². The number of aromatic amines is 1. The number of imide groups is 1. The second kappa shape index (κ2) is 13.8. The average molecular weight is 636 g/mol. The Morgan fingerprint density at radius 1 is 0.979 bits per heavy atom. The average Bonchev–Trinajstić information content (AvgIpc) is 3.73. The maximum atomic E-state index is 14.3. The topological polar surface area (TPSA) is 121 Å². The summed E-state index contributed by atoms with van der Waals surface area (Å²) in [5.74, 6) is -3.26. The van der Waals surface area contributed by atoms with Gasteiger partial charge in [0.2, 0.25) is 11.8 Å². The number of carboxylic acid groups (broad SMARTS) is 1. The minimum Gasteiger partial charge on any atom is -0.493 e. The lowest BCUT2D eigenvalue weighted by molar-refractivity contribution is -0.151. The lowest BCUT2D eigenvalue weighted by Crippen LogP contribution is -2.57. The molecule has 2 aliphatic rings. The van der Waals surface area contributed by atoms with E-state index in [9.17, 15) is 19.5 Å². The highest BCUT2D eigenvalue weighted by Crippen LogP contribution is 2.53. The summed E-state index contributed by atoms with van der Waals surface area (Å²) in [6, 6.07) is 21.9. The number of likely N-dealkylation sites (tertiary alicyclic amines) is 1. The van der Waals surface area contributed by atoms with Crippen molar-refractivity contribution in [3.05, 3.63) is 108 Å². The van der Waals surface area contributed by atoms with Gasteiger partial charge in [0.05, 0.1) is 18.9 Å². The number of para-hydroxylation sites is 2. The van der Waals surface area contributed by atoms with Gasteiger partial charge in [-0.3, -0.25) is 24.6 Å². The predicted molar refractivity (Wildman–Crippen MR) is 179 cm³/mol. The smallest absolute Gasteiger partial charge is 0.325 e. The van der Waals surface area contributed by atoms with Crippen molar-refractivity contribution in [1.82, 2.24) is 15.2 Å². The molecule has 2 aliphatic heterocycles. The van der Waals surface area contributed by atoms with Gasteiger partial charge in [-0.1, -0.05) is 92.6 Å². The quantitative estimate of drug-likeness (QED) is 0.0857. The first-order chi connectivity index (χ1) is 22.9. The third-order valence-corrected chi connectivity index (χ3v) is 9.47. The fourth-order valence-corrected chi connectivity index (χ4v) is 7.15. The number of hydrogen-bond donors (Lipinski definition) is 3. The SMILES string of the molecule is CCCCC=CCCN1C(=O)C2C(c3cccc(OC)c3OCc3ccccc3)NC(Cc3c[nH]c4ccccc34)(C(=O)O)C2C1=O. The number of carbonyl (C=O) groups excluding carboxylic acids is 2. The summed E-state index contributed by atoms with van der Waals surface area (Å²) in [5.41, 5.74) is 1.35. The standard InChI is InChI=1S/C38H41N3O6/c1-3-4-5-6-7-13-21-41-35(42)31-32(36(41)43)38(37(44)45,22-26-23-39-29-19-12-11-17-27(26)29)40-33(31)28-18-14-20-30(46-2)34(28)47-24-25-15-9-8-10-16-25/h6-12,14-20,23,31-33,39-40H,3-5,13,21-22,24H2,1-2H3,(H,44,45). The summed E-state index contributed by atoms with van der Waals surface area (Å²) in [7, 11) is 1.54. The Hall–Kier alpha value is -4.89. The van der Waals surface area contributed by atoms with Crippen LogP contribution in [0.4, 0.5) is 0 Å². The van der Waals surface area contributed by atoms with E-state index in [1.54, 1.807) is 18.3 Å². The second-order valence-electron chi connectivity index (χ2n) is 12.3. The Morgan fingerprint density at radius 2 is 1.74 bits per heavy atom. The number of hydrogen-bond acceptors (Lipinski definition) is 6. The van der Waals surface area contributed by atoms with Crippen molar-refractivity contribution in [2.45, 2.75) is 57.2 Å². The zero-order valence-electron chi connectivity index (χ0n) is 26.8. The van der Waals surface area contributed by atoms with E-state index < -0.39 is 35.3 Å². The number of nitrogens with zero attached hydrogens (tertiary/aromatic N) is 1. The molecular weight excluding hydrogens is 594 g/mol. The van der Waals surface area contributed by atoms with Crippen LogP contribution >= 0.6 is 0 Å².